The lowest BCUT2D eigenvalue weighted by Crippen LogP contribution is -2.32. The van der Waals surface area contributed by atoms with Crippen LogP contribution in [0.25, 0.3) is 10.9 Å². The lowest BCUT2D eigenvalue weighted by molar-refractivity contribution is 0.256. The van der Waals surface area contributed by atoms with Crippen LogP contribution in [0.5, 0.6) is 0 Å². The van der Waals surface area contributed by atoms with Crippen molar-refractivity contribution in [3.63, 3.8) is 0 Å². The van der Waals surface area contributed by atoms with Crippen molar-refractivity contribution in [2.45, 2.75) is 36.6 Å². The Balaban J connectivity index is 1.46. The van der Waals surface area contributed by atoms with E-state index in [9.17, 15) is 0 Å². The van der Waals surface area contributed by atoms with Gasteiger partial charge in [-0.1, -0.05) is 30.3 Å². The summed E-state index contributed by atoms with van der Waals surface area (Å²) in [5.74, 6) is 0. The van der Waals surface area contributed by atoms with Crippen molar-refractivity contribution in [3.05, 3.63) is 65.9 Å². The van der Waals surface area contributed by atoms with Crippen molar-refractivity contribution >= 4 is 22.7 Å². The Labute approximate surface area is 154 Å². The maximum atomic E-state index is 3.46. The number of likely N-dealkylation sites (tertiary alicyclic amines) is 1. The number of aromatic amines is 1. The van der Waals surface area contributed by atoms with Crippen LogP contribution in [0.2, 0.25) is 0 Å². The molecule has 0 spiro atoms. The molecular formula is C22H26N2S. The zero-order chi connectivity index (χ0) is 17.1. The van der Waals surface area contributed by atoms with Gasteiger partial charge in [-0.15, -0.1) is 11.8 Å². The molecule has 1 saturated heterocycles. The molecule has 4 rings (SSSR count). The van der Waals surface area contributed by atoms with Crippen molar-refractivity contribution in [1.82, 2.24) is 9.88 Å². The van der Waals surface area contributed by atoms with E-state index in [2.05, 4.69) is 70.9 Å². The molecule has 1 unspecified atom stereocenters. The van der Waals surface area contributed by atoms with Gasteiger partial charge in [-0.25, -0.2) is 0 Å². The first kappa shape index (κ1) is 16.7. The standard InChI is InChI=1S/C22H26N2S/c1-25-20-9-10-22-21(15-20)18(16-23-22)14-19-8-5-12-24(19)13-11-17-6-3-2-4-7-17/h2-4,6-7,9-10,15-16,19,23H,5,8,11-14H2,1H3. The summed E-state index contributed by atoms with van der Waals surface area (Å²) in [4.78, 5) is 7.50. The molecule has 3 aromatic rings. The highest BCUT2D eigenvalue weighted by Crippen LogP contribution is 2.28. The van der Waals surface area contributed by atoms with Crippen LogP contribution in [-0.2, 0) is 12.8 Å². The summed E-state index contributed by atoms with van der Waals surface area (Å²) in [7, 11) is 0. The van der Waals surface area contributed by atoms with E-state index in [1.54, 1.807) is 0 Å². The number of benzene rings is 2. The van der Waals surface area contributed by atoms with Gasteiger partial charge in [0.1, 0.15) is 0 Å². The van der Waals surface area contributed by atoms with Crippen LogP contribution in [0.4, 0.5) is 0 Å². The average molecular weight is 351 g/mol. The van der Waals surface area contributed by atoms with Gasteiger partial charge in [0.2, 0.25) is 0 Å². The Kier molecular flexibility index (Phi) is 5.14. The van der Waals surface area contributed by atoms with Crippen LogP contribution in [0, 0.1) is 0 Å². The van der Waals surface area contributed by atoms with E-state index in [0.29, 0.717) is 6.04 Å². The maximum Gasteiger partial charge on any atom is 0.0457 e. The van der Waals surface area contributed by atoms with Gasteiger partial charge in [0.05, 0.1) is 0 Å². The molecule has 1 aliphatic heterocycles. The third-order valence-corrected chi connectivity index (χ3v) is 6.19. The third kappa shape index (κ3) is 3.78. The Morgan fingerprint density at radius 1 is 1.16 bits per heavy atom. The average Bonchev–Trinajstić information content (AvgIpc) is 3.28. The van der Waals surface area contributed by atoms with Crippen LogP contribution < -0.4 is 0 Å². The predicted molar refractivity (Wildman–Crippen MR) is 109 cm³/mol. The minimum absolute atomic E-state index is 0.681. The van der Waals surface area contributed by atoms with E-state index in [1.807, 2.05) is 11.8 Å². The first-order valence-electron chi connectivity index (χ1n) is 9.25. The van der Waals surface area contributed by atoms with Crippen LogP contribution in [-0.4, -0.2) is 35.3 Å². The largest absolute Gasteiger partial charge is 0.361 e. The molecule has 1 N–H and O–H groups in total. The van der Waals surface area contributed by atoms with Gasteiger partial charge in [0.15, 0.2) is 0 Å². The van der Waals surface area contributed by atoms with Crippen molar-refractivity contribution in [2.75, 3.05) is 19.3 Å². The summed E-state index contributed by atoms with van der Waals surface area (Å²) in [5.41, 5.74) is 4.19. The number of rotatable bonds is 6. The van der Waals surface area contributed by atoms with E-state index in [1.165, 1.54) is 52.9 Å². The first-order valence-corrected chi connectivity index (χ1v) is 10.5. The summed E-state index contributed by atoms with van der Waals surface area (Å²) < 4.78 is 0. The van der Waals surface area contributed by atoms with Gasteiger partial charge >= 0.3 is 0 Å². The molecule has 0 amide bonds. The maximum absolute atomic E-state index is 3.46. The van der Waals surface area contributed by atoms with Gasteiger partial charge < -0.3 is 4.98 Å². The summed E-state index contributed by atoms with van der Waals surface area (Å²) in [6.07, 6.45) is 9.34. The van der Waals surface area contributed by atoms with Gasteiger partial charge in [0.25, 0.3) is 0 Å². The quantitative estimate of drug-likeness (QED) is 0.621. The van der Waals surface area contributed by atoms with Gasteiger partial charge in [-0.05, 0) is 67.8 Å². The van der Waals surface area contributed by atoms with Crippen LogP contribution in [0.3, 0.4) is 0 Å². The monoisotopic (exact) mass is 350 g/mol. The minimum Gasteiger partial charge on any atom is -0.361 e. The van der Waals surface area contributed by atoms with Crippen LogP contribution in [0.15, 0.2) is 59.6 Å². The first-order chi connectivity index (χ1) is 12.3. The molecule has 25 heavy (non-hydrogen) atoms. The summed E-state index contributed by atoms with van der Waals surface area (Å²) >= 11 is 1.82. The number of hydrogen-bond acceptors (Lipinski definition) is 2. The fourth-order valence-corrected chi connectivity index (χ4v) is 4.49. The SMILES string of the molecule is CSc1ccc2[nH]cc(CC3CCCN3CCc3ccccc3)c2c1. The zero-order valence-corrected chi connectivity index (χ0v) is 15.7. The van der Waals surface area contributed by atoms with Crippen molar-refractivity contribution in [1.29, 1.82) is 0 Å². The predicted octanol–water partition coefficient (Wildman–Crippen LogP) is 5.14. The van der Waals surface area contributed by atoms with E-state index < -0.39 is 0 Å². The second-order valence-electron chi connectivity index (χ2n) is 7.00. The highest BCUT2D eigenvalue weighted by Gasteiger charge is 2.25. The van der Waals surface area contributed by atoms with Crippen molar-refractivity contribution < 1.29 is 0 Å². The number of fused-ring (bicyclic) bond motifs is 1. The number of H-pyrrole nitrogens is 1. The fraction of sp³-hybridized carbons (Fsp3) is 0.364. The van der Waals surface area contributed by atoms with E-state index >= 15 is 0 Å². The normalized spacial score (nSPS) is 18.2. The smallest absolute Gasteiger partial charge is 0.0457 e. The zero-order valence-electron chi connectivity index (χ0n) is 14.9. The minimum atomic E-state index is 0.681. The molecule has 2 aromatic carbocycles. The molecule has 0 radical (unpaired) electrons. The molecule has 1 fully saturated rings. The van der Waals surface area contributed by atoms with Gasteiger partial charge in [0, 0.05) is 34.6 Å². The van der Waals surface area contributed by atoms with Gasteiger partial charge in [-0.3, -0.25) is 4.90 Å². The van der Waals surface area contributed by atoms with E-state index in [-0.39, 0.29) is 0 Å². The Hall–Kier alpha value is -1.71. The third-order valence-electron chi connectivity index (χ3n) is 5.46. The molecule has 0 bridgehead atoms. The van der Waals surface area contributed by atoms with E-state index in [0.717, 1.165) is 12.8 Å². The van der Waals surface area contributed by atoms with Crippen molar-refractivity contribution in [3.8, 4) is 0 Å². The Morgan fingerprint density at radius 3 is 2.88 bits per heavy atom. The Bertz CT molecular complexity index is 824. The number of nitrogens with zero attached hydrogens (tertiary/aromatic N) is 1. The molecular weight excluding hydrogens is 324 g/mol. The second kappa shape index (κ2) is 7.67. The molecule has 0 saturated carbocycles. The summed E-state index contributed by atoms with van der Waals surface area (Å²) in [6.45, 7) is 2.42. The van der Waals surface area contributed by atoms with Gasteiger partial charge in [-0.2, -0.15) is 0 Å². The summed E-state index contributed by atoms with van der Waals surface area (Å²) in [6, 6.07) is 18.3. The molecule has 2 heterocycles. The molecule has 130 valence electrons. The number of thioether (sulfide) groups is 1. The molecule has 1 atom stereocenters. The van der Waals surface area contributed by atoms with Crippen LogP contribution >= 0.6 is 11.8 Å². The second-order valence-corrected chi connectivity index (χ2v) is 7.88. The molecule has 2 nitrogen and oxygen atoms in total. The van der Waals surface area contributed by atoms with E-state index in [4.69, 9.17) is 0 Å². The summed E-state index contributed by atoms with van der Waals surface area (Å²) in [5, 5.41) is 1.40. The molecule has 0 aliphatic carbocycles. The molecule has 1 aliphatic rings. The number of nitrogens with one attached hydrogen (secondary N) is 1. The fourth-order valence-electron chi connectivity index (χ4n) is 4.05. The Morgan fingerprint density at radius 2 is 2.04 bits per heavy atom. The highest BCUT2D eigenvalue weighted by molar-refractivity contribution is 7.98. The number of aromatic nitrogens is 1. The molecule has 3 heteroatoms. The lowest BCUT2D eigenvalue weighted by Gasteiger charge is -2.24. The highest BCUT2D eigenvalue weighted by atomic mass is 32.2. The number of hydrogen-bond donors (Lipinski definition) is 1. The van der Waals surface area contributed by atoms with Crippen LogP contribution in [0.1, 0.15) is 24.0 Å². The topological polar surface area (TPSA) is 19.0 Å². The molecule has 1 aromatic heterocycles. The van der Waals surface area contributed by atoms with Crippen molar-refractivity contribution in [2.24, 2.45) is 0 Å². The lowest BCUT2D eigenvalue weighted by atomic mass is 10.0.